The molecule has 4 rings (SSSR count). The van der Waals surface area contributed by atoms with Crippen molar-refractivity contribution in [3.05, 3.63) is 69.7 Å². The van der Waals surface area contributed by atoms with E-state index in [2.05, 4.69) is 56.1 Å². The Balaban J connectivity index is 1.54. The Hall–Kier alpha value is -1.65. The second kappa shape index (κ2) is 6.10. The minimum absolute atomic E-state index is 0.192. The molecule has 1 fully saturated rings. The molecule has 0 bridgehead atoms. The van der Waals surface area contributed by atoms with E-state index in [9.17, 15) is 4.79 Å². The zero-order chi connectivity index (χ0) is 15.8. The van der Waals surface area contributed by atoms with Gasteiger partial charge in [0.1, 0.15) is 0 Å². The molecule has 118 valence electrons. The Kier molecular flexibility index (Phi) is 3.95. The van der Waals surface area contributed by atoms with Crippen LogP contribution in [0.25, 0.3) is 0 Å². The van der Waals surface area contributed by atoms with Crippen molar-refractivity contribution in [2.45, 2.75) is 19.0 Å². The quantitative estimate of drug-likeness (QED) is 0.809. The molecule has 0 spiro atoms. The van der Waals surface area contributed by atoms with Gasteiger partial charge in [0.25, 0.3) is 5.91 Å². The predicted molar refractivity (Wildman–Crippen MR) is 94.4 cm³/mol. The number of nitrogens with zero attached hydrogens (tertiary/aromatic N) is 2. The van der Waals surface area contributed by atoms with Crippen molar-refractivity contribution in [3.63, 3.8) is 0 Å². The number of fused-ring (bicyclic) bond motifs is 2. The molecule has 0 N–H and O–H groups in total. The first-order valence-electron chi connectivity index (χ1n) is 8.07. The van der Waals surface area contributed by atoms with Gasteiger partial charge in [-0.2, -0.15) is 0 Å². The van der Waals surface area contributed by atoms with Gasteiger partial charge in [-0.3, -0.25) is 9.69 Å². The smallest absolute Gasteiger partial charge is 0.254 e. The molecular formula is C19H19BrN2O. The fraction of sp³-hybridized carbons (Fsp3) is 0.316. The summed E-state index contributed by atoms with van der Waals surface area (Å²) in [6, 6.07) is 16.8. The highest BCUT2D eigenvalue weighted by Crippen LogP contribution is 2.31. The van der Waals surface area contributed by atoms with Crippen LogP contribution in [0.4, 0.5) is 0 Å². The van der Waals surface area contributed by atoms with E-state index < -0.39 is 0 Å². The lowest BCUT2D eigenvalue weighted by Crippen LogP contribution is -2.57. The van der Waals surface area contributed by atoms with E-state index in [0.29, 0.717) is 0 Å². The van der Waals surface area contributed by atoms with E-state index in [-0.39, 0.29) is 11.9 Å². The van der Waals surface area contributed by atoms with Crippen LogP contribution in [-0.2, 0) is 13.0 Å². The van der Waals surface area contributed by atoms with Crippen LogP contribution >= 0.6 is 15.9 Å². The van der Waals surface area contributed by atoms with Crippen LogP contribution in [0.15, 0.2) is 53.0 Å². The van der Waals surface area contributed by atoms with Crippen molar-refractivity contribution in [1.82, 2.24) is 9.80 Å². The molecule has 2 aromatic rings. The van der Waals surface area contributed by atoms with Crippen LogP contribution in [-0.4, -0.2) is 41.4 Å². The molecule has 23 heavy (non-hydrogen) atoms. The van der Waals surface area contributed by atoms with Crippen molar-refractivity contribution in [2.75, 3.05) is 19.6 Å². The maximum Gasteiger partial charge on any atom is 0.254 e. The summed E-state index contributed by atoms with van der Waals surface area (Å²) < 4.78 is 1.06. The molecule has 0 aliphatic carbocycles. The third-order valence-electron chi connectivity index (χ3n) is 4.87. The third kappa shape index (κ3) is 2.81. The Bertz CT molecular complexity index is 731. The first-order chi connectivity index (χ1) is 11.2. The summed E-state index contributed by atoms with van der Waals surface area (Å²) in [4.78, 5) is 17.3. The van der Waals surface area contributed by atoms with Gasteiger partial charge in [-0.25, -0.2) is 0 Å². The number of carbonyl (C=O) groups excluding carboxylic acids is 1. The predicted octanol–water partition coefficient (Wildman–Crippen LogP) is 3.33. The summed E-state index contributed by atoms with van der Waals surface area (Å²) in [6.45, 7) is 3.67. The SMILES string of the molecule is O=C1c2cccc(Br)c2C[C@@H]2CN(Cc3ccccc3)CCN12. The van der Waals surface area contributed by atoms with E-state index in [0.717, 1.165) is 42.6 Å². The second-order valence-electron chi connectivity index (χ2n) is 6.34. The molecule has 0 unspecified atom stereocenters. The Morgan fingerprint density at radius 1 is 1.04 bits per heavy atom. The highest BCUT2D eigenvalue weighted by atomic mass is 79.9. The molecule has 2 aliphatic rings. The number of rotatable bonds is 2. The molecule has 2 aliphatic heterocycles. The molecule has 2 aromatic carbocycles. The van der Waals surface area contributed by atoms with E-state index in [4.69, 9.17) is 0 Å². The summed E-state index contributed by atoms with van der Waals surface area (Å²) in [5.74, 6) is 0.192. The van der Waals surface area contributed by atoms with Gasteiger partial charge in [-0.15, -0.1) is 0 Å². The van der Waals surface area contributed by atoms with E-state index in [1.165, 1.54) is 11.1 Å². The fourth-order valence-corrected chi connectivity index (χ4v) is 4.23. The number of amides is 1. The second-order valence-corrected chi connectivity index (χ2v) is 7.20. The Morgan fingerprint density at radius 2 is 1.87 bits per heavy atom. The normalized spacial score (nSPS) is 21.0. The van der Waals surface area contributed by atoms with Crippen molar-refractivity contribution < 1.29 is 4.79 Å². The number of benzene rings is 2. The van der Waals surface area contributed by atoms with Gasteiger partial charge in [0.05, 0.1) is 0 Å². The summed E-state index contributed by atoms with van der Waals surface area (Å²) in [6.07, 6.45) is 0.938. The van der Waals surface area contributed by atoms with Gasteiger partial charge in [0.15, 0.2) is 0 Å². The van der Waals surface area contributed by atoms with Crippen LogP contribution in [0.1, 0.15) is 21.5 Å². The molecule has 1 saturated heterocycles. The zero-order valence-electron chi connectivity index (χ0n) is 12.9. The van der Waals surface area contributed by atoms with Crippen LogP contribution in [0.2, 0.25) is 0 Å². The van der Waals surface area contributed by atoms with Crippen LogP contribution in [0, 0.1) is 0 Å². The lowest BCUT2D eigenvalue weighted by atomic mass is 9.91. The first-order valence-corrected chi connectivity index (χ1v) is 8.86. The van der Waals surface area contributed by atoms with Gasteiger partial charge in [0.2, 0.25) is 0 Å². The fourth-order valence-electron chi connectivity index (χ4n) is 3.70. The Morgan fingerprint density at radius 3 is 2.70 bits per heavy atom. The Labute approximate surface area is 145 Å². The number of hydrogen-bond acceptors (Lipinski definition) is 2. The standard InChI is InChI=1S/C19H19BrN2O/c20-18-8-4-7-16-17(18)11-15-13-21(9-10-22(15)19(16)23)12-14-5-2-1-3-6-14/h1-8,15H,9-13H2/t15-/m1/s1. The zero-order valence-corrected chi connectivity index (χ0v) is 14.5. The summed E-state index contributed by atoms with van der Waals surface area (Å²) in [5.41, 5.74) is 3.37. The van der Waals surface area contributed by atoms with E-state index in [1.807, 2.05) is 18.2 Å². The monoisotopic (exact) mass is 370 g/mol. The maximum absolute atomic E-state index is 12.8. The van der Waals surface area contributed by atoms with Crippen LogP contribution < -0.4 is 0 Å². The van der Waals surface area contributed by atoms with E-state index in [1.54, 1.807) is 0 Å². The average Bonchev–Trinajstić information content (AvgIpc) is 2.57. The maximum atomic E-state index is 12.8. The molecule has 2 heterocycles. The number of carbonyl (C=O) groups is 1. The topological polar surface area (TPSA) is 23.6 Å². The lowest BCUT2D eigenvalue weighted by molar-refractivity contribution is 0.0401. The highest BCUT2D eigenvalue weighted by Gasteiger charge is 2.36. The highest BCUT2D eigenvalue weighted by molar-refractivity contribution is 9.10. The average molecular weight is 371 g/mol. The summed E-state index contributed by atoms with van der Waals surface area (Å²) >= 11 is 3.61. The molecule has 3 nitrogen and oxygen atoms in total. The lowest BCUT2D eigenvalue weighted by Gasteiger charge is -2.44. The minimum Gasteiger partial charge on any atom is -0.333 e. The molecule has 1 amide bonds. The number of halogens is 1. The van der Waals surface area contributed by atoms with Crippen molar-refractivity contribution in [1.29, 1.82) is 0 Å². The van der Waals surface area contributed by atoms with Gasteiger partial charge in [-0.1, -0.05) is 52.3 Å². The number of piperazine rings is 1. The van der Waals surface area contributed by atoms with E-state index >= 15 is 0 Å². The molecule has 0 saturated carbocycles. The number of hydrogen-bond donors (Lipinski definition) is 0. The van der Waals surface area contributed by atoms with Gasteiger partial charge in [0, 0.05) is 42.3 Å². The molecule has 0 radical (unpaired) electrons. The largest absolute Gasteiger partial charge is 0.333 e. The molecule has 1 atom stereocenters. The minimum atomic E-state index is 0.192. The van der Waals surface area contributed by atoms with Gasteiger partial charge >= 0.3 is 0 Å². The molecule has 4 heteroatoms. The van der Waals surface area contributed by atoms with Crippen molar-refractivity contribution in [3.8, 4) is 0 Å². The molecular weight excluding hydrogens is 352 g/mol. The van der Waals surface area contributed by atoms with Crippen LogP contribution in [0.3, 0.4) is 0 Å². The van der Waals surface area contributed by atoms with Crippen LogP contribution in [0.5, 0.6) is 0 Å². The van der Waals surface area contributed by atoms with Crippen molar-refractivity contribution >= 4 is 21.8 Å². The van der Waals surface area contributed by atoms with Crippen molar-refractivity contribution in [2.24, 2.45) is 0 Å². The van der Waals surface area contributed by atoms with Gasteiger partial charge < -0.3 is 4.90 Å². The third-order valence-corrected chi connectivity index (χ3v) is 5.61. The molecule has 0 aromatic heterocycles. The summed E-state index contributed by atoms with van der Waals surface area (Å²) in [5, 5.41) is 0. The summed E-state index contributed by atoms with van der Waals surface area (Å²) in [7, 11) is 0. The first kappa shape index (κ1) is 14.9. The van der Waals surface area contributed by atoms with Gasteiger partial charge in [-0.05, 0) is 29.7 Å².